The summed E-state index contributed by atoms with van der Waals surface area (Å²) in [6.45, 7) is 0. The summed E-state index contributed by atoms with van der Waals surface area (Å²) < 4.78 is 51.4. The number of nitrogens with zero attached hydrogens (tertiary/aromatic N) is 2. The fourth-order valence-corrected chi connectivity index (χ4v) is 1.57. The van der Waals surface area contributed by atoms with E-state index in [0.29, 0.717) is 6.07 Å². The van der Waals surface area contributed by atoms with Gasteiger partial charge < -0.3 is 5.32 Å². The number of anilines is 1. The van der Waals surface area contributed by atoms with E-state index in [1.54, 1.807) is 6.07 Å². The van der Waals surface area contributed by atoms with Crippen LogP contribution in [0.2, 0.25) is 0 Å². The van der Waals surface area contributed by atoms with Crippen molar-refractivity contribution < 1.29 is 22.4 Å². The van der Waals surface area contributed by atoms with E-state index >= 15 is 0 Å². The number of carbonyl (C=O) groups is 1. The van der Waals surface area contributed by atoms with Crippen LogP contribution in [0.3, 0.4) is 0 Å². The summed E-state index contributed by atoms with van der Waals surface area (Å²) in [5, 5.41) is 16.6. The largest absolute Gasteiger partial charge is 0.419 e. The van der Waals surface area contributed by atoms with Crippen LogP contribution in [-0.4, -0.2) is 16.1 Å². The number of aromatic nitrogens is 2. The number of amides is 1. The van der Waals surface area contributed by atoms with Crippen molar-refractivity contribution in [2.24, 2.45) is 0 Å². The van der Waals surface area contributed by atoms with Gasteiger partial charge in [-0.2, -0.15) is 23.5 Å². The molecule has 1 amide bonds. The third-order valence-electron chi connectivity index (χ3n) is 2.55. The molecule has 0 saturated carbocycles. The maximum Gasteiger partial charge on any atom is 0.419 e. The Morgan fingerprint density at radius 3 is 2.71 bits per heavy atom. The second-order valence-electron chi connectivity index (χ2n) is 3.89. The van der Waals surface area contributed by atoms with Crippen molar-refractivity contribution in [2.75, 3.05) is 5.32 Å². The van der Waals surface area contributed by atoms with Gasteiger partial charge in [0.1, 0.15) is 23.3 Å². The Morgan fingerprint density at radius 2 is 2.10 bits per heavy atom. The first-order valence-corrected chi connectivity index (χ1v) is 5.45. The van der Waals surface area contributed by atoms with Gasteiger partial charge in [0.25, 0.3) is 5.91 Å². The van der Waals surface area contributed by atoms with Gasteiger partial charge in [-0.3, -0.25) is 9.89 Å². The van der Waals surface area contributed by atoms with Gasteiger partial charge in [-0.25, -0.2) is 4.39 Å². The smallest absolute Gasteiger partial charge is 0.306 e. The zero-order valence-electron chi connectivity index (χ0n) is 10.1. The minimum atomic E-state index is -4.91. The molecule has 0 aliphatic carbocycles. The molecule has 2 N–H and O–H groups in total. The van der Waals surface area contributed by atoms with Crippen LogP contribution in [0.1, 0.15) is 21.5 Å². The molecule has 0 atom stereocenters. The van der Waals surface area contributed by atoms with Crippen LogP contribution in [0.25, 0.3) is 0 Å². The molecule has 108 valence electrons. The Hall–Kier alpha value is -2.89. The standard InChI is InChI=1S/C12H6F4N4O/c13-9-7(2-1-3-8(9)12(14,15)16)11(21)19-10-6(4-17)5-18-20-10/h1-3,5H,(H2,18,19,20,21). The number of hydrogen-bond acceptors (Lipinski definition) is 3. The maximum absolute atomic E-state index is 13.8. The zero-order valence-corrected chi connectivity index (χ0v) is 10.1. The monoisotopic (exact) mass is 298 g/mol. The van der Waals surface area contributed by atoms with Crippen molar-refractivity contribution >= 4 is 11.7 Å². The molecule has 2 rings (SSSR count). The first kappa shape index (κ1) is 14.5. The van der Waals surface area contributed by atoms with E-state index in [1.807, 2.05) is 0 Å². The zero-order chi connectivity index (χ0) is 15.6. The topological polar surface area (TPSA) is 81.6 Å². The molecule has 9 heteroatoms. The number of carbonyl (C=O) groups excluding carboxylic acids is 1. The molecule has 0 spiro atoms. The highest BCUT2D eigenvalue weighted by Crippen LogP contribution is 2.32. The van der Waals surface area contributed by atoms with E-state index in [9.17, 15) is 22.4 Å². The minimum Gasteiger partial charge on any atom is -0.306 e. The van der Waals surface area contributed by atoms with Gasteiger partial charge >= 0.3 is 6.18 Å². The van der Waals surface area contributed by atoms with Gasteiger partial charge in [0.15, 0.2) is 0 Å². The molecule has 0 fully saturated rings. The summed E-state index contributed by atoms with van der Waals surface area (Å²) in [7, 11) is 0. The summed E-state index contributed by atoms with van der Waals surface area (Å²) in [5.41, 5.74) is -2.36. The molecule has 0 aliphatic rings. The highest BCUT2D eigenvalue weighted by Gasteiger charge is 2.35. The number of hydrogen-bond donors (Lipinski definition) is 2. The van der Waals surface area contributed by atoms with Gasteiger partial charge in [-0.15, -0.1) is 0 Å². The second kappa shape index (κ2) is 5.24. The number of alkyl halides is 3. The molecular formula is C12H6F4N4O. The van der Waals surface area contributed by atoms with Crippen molar-refractivity contribution in [3.63, 3.8) is 0 Å². The van der Waals surface area contributed by atoms with E-state index < -0.39 is 29.0 Å². The highest BCUT2D eigenvalue weighted by atomic mass is 19.4. The molecule has 2 aromatic rings. The summed E-state index contributed by atoms with van der Waals surface area (Å²) in [4.78, 5) is 11.8. The van der Waals surface area contributed by atoms with Crippen LogP contribution >= 0.6 is 0 Å². The molecule has 0 aliphatic heterocycles. The lowest BCUT2D eigenvalue weighted by molar-refractivity contribution is -0.140. The number of benzene rings is 1. The van der Waals surface area contributed by atoms with E-state index in [4.69, 9.17) is 5.26 Å². The first-order valence-electron chi connectivity index (χ1n) is 5.45. The fourth-order valence-electron chi connectivity index (χ4n) is 1.57. The maximum atomic E-state index is 13.8. The number of rotatable bonds is 2. The third-order valence-corrected chi connectivity index (χ3v) is 2.55. The van der Waals surface area contributed by atoms with Gasteiger partial charge in [0.2, 0.25) is 0 Å². The average Bonchev–Trinajstić information content (AvgIpc) is 2.84. The van der Waals surface area contributed by atoms with Crippen LogP contribution in [-0.2, 0) is 6.18 Å². The molecular weight excluding hydrogens is 292 g/mol. The lowest BCUT2D eigenvalue weighted by Gasteiger charge is -2.10. The number of halogens is 4. The molecule has 0 radical (unpaired) electrons. The van der Waals surface area contributed by atoms with Crippen LogP contribution in [0.15, 0.2) is 24.4 Å². The SMILES string of the molecule is N#Cc1cn[nH]c1NC(=O)c1cccc(C(F)(F)F)c1F. The molecule has 1 heterocycles. The number of nitrogens with one attached hydrogen (secondary N) is 2. The number of H-pyrrole nitrogens is 1. The van der Waals surface area contributed by atoms with E-state index in [1.165, 1.54) is 0 Å². The summed E-state index contributed by atoms with van der Waals surface area (Å²) in [6, 6.07) is 4.05. The summed E-state index contributed by atoms with van der Waals surface area (Å²) in [5.74, 6) is -2.93. The van der Waals surface area contributed by atoms with Crippen LogP contribution in [0, 0.1) is 17.1 Å². The normalized spacial score (nSPS) is 11.0. The predicted octanol–water partition coefficient (Wildman–Crippen LogP) is 2.69. The summed E-state index contributed by atoms with van der Waals surface area (Å²) in [6.07, 6.45) is -3.80. The number of nitriles is 1. The van der Waals surface area contributed by atoms with E-state index in [0.717, 1.165) is 18.3 Å². The Labute approximate surface area is 115 Å². The van der Waals surface area contributed by atoms with Crippen molar-refractivity contribution in [1.82, 2.24) is 10.2 Å². The van der Waals surface area contributed by atoms with Crippen molar-refractivity contribution in [3.8, 4) is 6.07 Å². The predicted molar refractivity (Wildman–Crippen MR) is 62.7 cm³/mol. The van der Waals surface area contributed by atoms with E-state index in [2.05, 4.69) is 15.5 Å². The Kier molecular flexibility index (Phi) is 3.62. The number of aromatic amines is 1. The molecule has 0 unspecified atom stereocenters. The molecule has 0 saturated heterocycles. The van der Waals surface area contributed by atoms with Crippen LogP contribution < -0.4 is 5.32 Å². The van der Waals surface area contributed by atoms with Crippen LogP contribution in [0.5, 0.6) is 0 Å². The van der Waals surface area contributed by atoms with Gasteiger partial charge in [0, 0.05) is 0 Å². The lowest BCUT2D eigenvalue weighted by atomic mass is 10.1. The third kappa shape index (κ3) is 2.84. The molecule has 1 aromatic heterocycles. The Morgan fingerprint density at radius 1 is 1.38 bits per heavy atom. The molecule has 5 nitrogen and oxygen atoms in total. The quantitative estimate of drug-likeness (QED) is 0.836. The second-order valence-corrected chi connectivity index (χ2v) is 3.89. The highest BCUT2D eigenvalue weighted by molar-refractivity contribution is 6.04. The van der Waals surface area contributed by atoms with Crippen molar-refractivity contribution in [1.29, 1.82) is 5.26 Å². The Balaban J connectivity index is 2.35. The van der Waals surface area contributed by atoms with E-state index in [-0.39, 0.29) is 11.4 Å². The fraction of sp³-hybridized carbons (Fsp3) is 0.0833. The van der Waals surface area contributed by atoms with Gasteiger partial charge in [-0.05, 0) is 12.1 Å². The summed E-state index contributed by atoms with van der Waals surface area (Å²) >= 11 is 0. The van der Waals surface area contributed by atoms with Gasteiger partial charge in [-0.1, -0.05) is 6.07 Å². The van der Waals surface area contributed by atoms with Crippen molar-refractivity contribution in [3.05, 3.63) is 46.9 Å². The Bertz CT molecular complexity index is 730. The first-order chi connectivity index (χ1) is 9.84. The molecule has 1 aromatic carbocycles. The van der Waals surface area contributed by atoms with Crippen molar-refractivity contribution in [2.45, 2.75) is 6.18 Å². The minimum absolute atomic E-state index is 0.0317. The van der Waals surface area contributed by atoms with Crippen LogP contribution in [0.4, 0.5) is 23.4 Å². The molecule has 0 bridgehead atoms. The average molecular weight is 298 g/mol. The van der Waals surface area contributed by atoms with Gasteiger partial charge in [0.05, 0.1) is 17.3 Å². The lowest BCUT2D eigenvalue weighted by Crippen LogP contribution is -2.18. The molecule has 21 heavy (non-hydrogen) atoms.